The number of carbonyl (C=O) groups excluding carboxylic acids is 2. The topological polar surface area (TPSA) is 117 Å². The van der Waals surface area contributed by atoms with Gasteiger partial charge in [0.1, 0.15) is 11.3 Å². The number of ether oxygens (including phenoxy) is 1. The van der Waals surface area contributed by atoms with Crippen LogP contribution in [0.1, 0.15) is 12.5 Å². The summed E-state index contributed by atoms with van der Waals surface area (Å²) >= 11 is 16.0. The predicted octanol–water partition coefficient (Wildman–Crippen LogP) is 6.14. The maximum absolute atomic E-state index is 14.3. The molecular formula is C31H29BrCl2N6O5S. The van der Waals surface area contributed by atoms with E-state index >= 15 is 0 Å². The lowest BCUT2D eigenvalue weighted by Crippen LogP contribution is -2.52. The first-order chi connectivity index (χ1) is 21.9. The van der Waals surface area contributed by atoms with Gasteiger partial charge < -0.3 is 15.0 Å². The number of imidazole rings is 1. The van der Waals surface area contributed by atoms with Gasteiger partial charge in [-0.1, -0.05) is 51.3 Å². The van der Waals surface area contributed by atoms with Crippen molar-refractivity contribution in [2.24, 2.45) is 0 Å². The number of anilines is 3. The summed E-state index contributed by atoms with van der Waals surface area (Å²) in [6, 6.07) is 18.8. The van der Waals surface area contributed by atoms with E-state index in [1.807, 2.05) is 24.3 Å². The summed E-state index contributed by atoms with van der Waals surface area (Å²) < 4.78 is 37.3. The summed E-state index contributed by atoms with van der Waals surface area (Å²) in [6.07, 6.45) is 1.47. The van der Waals surface area contributed by atoms with Crippen LogP contribution in [0.15, 0.2) is 82.4 Å². The van der Waals surface area contributed by atoms with Gasteiger partial charge in [-0.2, -0.15) is 4.31 Å². The van der Waals surface area contributed by atoms with E-state index in [-0.39, 0.29) is 55.5 Å². The number of rotatable bonds is 7. The molecule has 240 valence electrons. The van der Waals surface area contributed by atoms with Crippen molar-refractivity contribution in [2.45, 2.75) is 23.9 Å². The number of hydrogen-bond donors (Lipinski definition) is 1. The van der Waals surface area contributed by atoms with E-state index < -0.39 is 15.6 Å². The molecule has 6 rings (SSSR count). The van der Waals surface area contributed by atoms with Crippen LogP contribution >= 0.6 is 39.1 Å². The molecule has 1 aromatic heterocycles. The molecule has 1 saturated heterocycles. The summed E-state index contributed by atoms with van der Waals surface area (Å²) in [5.74, 6) is 0.421. The zero-order valence-electron chi connectivity index (χ0n) is 24.8. The minimum absolute atomic E-state index is 0.0594. The molecule has 0 unspecified atom stereocenters. The van der Waals surface area contributed by atoms with Crippen LogP contribution in [0.3, 0.4) is 0 Å². The van der Waals surface area contributed by atoms with E-state index in [0.29, 0.717) is 27.2 Å². The second-order valence-corrected chi connectivity index (χ2v) is 14.8. The second kappa shape index (κ2) is 12.5. The summed E-state index contributed by atoms with van der Waals surface area (Å²) in [4.78, 5) is 34.6. The average Bonchev–Trinajstić information content (AvgIpc) is 3.56. The second-order valence-electron chi connectivity index (χ2n) is 11.1. The Bertz CT molecular complexity index is 1890. The van der Waals surface area contributed by atoms with Gasteiger partial charge in [-0.15, -0.1) is 0 Å². The molecule has 0 radical (unpaired) electrons. The van der Waals surface area contributed by atoms with Gasteiger partial charge in [0.2, 0.25) is 5.95 Å². The smallest absolute Gasteiger partial charge is 0.321 e. The van der Waals surface area contributed by atoms with Crippen molar-refractivity contribution in [2.75, 3.05) is 43.5 Å². The van der Waals surface area contributed by atoms with E-state index in [2.05, 4.69) is 26.2 Å². The molecule has 4 aromatic rings. The minimum Gasteiger partial charge on any atom is -0.497 e. The van der Waals surface area contributed by atoms with E-state index in [0.717, 1.165) is 10.0 Å². The molecule has 11 nitrogen and oxygen atoms in total. The van der Waals surface area contributed by atoms with E-state index in [4.69, 9.17) is 27.9 Å². The Kier molecular flexibility index (Phi) is 8.81. The fourth-order valence-corrected chi connectivity index (χ4v) is 8.14. The summed E-state index contributed by atoms with van der Waals surface area (Å²) in [5.41, 5.74) is 0.423. The van der Waals surface area contributed by atoms with E-state index in [1.165, 1.54) is 20.0 Å². The van der Waals surface area contributed by atoms with Gasteiger partial charge in [-0.25, -0.2) is 23.1 Å². The highest BCUT2D eigenvalue weighted by molar-refractivity contribution is 9.10. The number of sulfonamides is 1. The van der Waals surface area contributed by atoms with Crippen LogP contribution in [0.2, 0.25) is 10.0 Å². The minimum atomic E-state index is -4.15. The number of nitrogens with zero attached hydrogens (tertiary/aromatic N) is 5. The standard InChI is InChI=1S/C31H29BrCl2N6O5S/c1-31(18-20-3-5-21(32)6-4-20)28(41)39(25-16-22(33)15-23(34)17-25)29-35-19-27(40(29)31)46(43,44)38-13-11-37(12-14-38)30(42)36-24-7-9-26(45-2)10-8-24/h3-10,15-17,19H,11-14,18H2,1-2H3,(H,36,42)/t31-/m1/s1. The number of hydrogen-bond acceptors (Lipinski definition) is 6. The van der Waals surface area contributed by atoms with Crippen molar-refractivity contribution in [1.29, 1.82) is 0 Å². The number of fused-ring (bicyclic) bond motifs is 1. The predicted molar refractivity (Wildman–Crippen MR) is 180 cm³/mol. The van der Waals surface area contributed by atoms with Crippen molar-refractivity contribution in [3.05, 3.63) is 93.0 Å². The van der Waals surface area contributed by atoms with Gasteiger partial charge in [-0.05, 0) is 67.1 Å². The summed E-state index contributed by atoms with van der Waals surface area (Å²) in [6.45, 7) is 2.16. The lowest BCUT2D eigenvalue weighted by atomic mass is 9.92. The monoisotopic (exact) mass is 746 g/mol. The van der Waals surface area contributed by atoms with E-state index in [9.17, 15) is 18.0 Å². The molecule has 0 saturated carbocycles. The highest BCUT2D eigenvalue weighted by Gasteiger charge is 2.52. The average molecular weight is 748 g/mol. The lowest BCUT2D eigenvalue weighted by molar-refractivity contribution is -0.124. The van der Waals surface area contributed by atoms with Crippen molar-refractivity contribution >= 4 is 78.4 Å². The molecule has 1 fully saturated rings. The Labute approximate surface area is 284 Å². The molecule has 3 amide bonds. The number of carbonyl (C=O) groups is 2. The Morgan fingerprint density at radius 1 is 1.00 bits per heavy atom. The van der Waals surface area contributed by atoms with Gasteiger partial charge in [-0.3, -0.25) is 9.36 Å². The molecule has 0 aliphatic carbocycles. The fraction of sp³-hybridized carbons (Fsp3) is 0.258. The third-order valence-corrected chi connectivity index (χ3v) is 10.9. The molecule has 3 heterocycles. The first-order valence-electron chi connectivity index (χ1n) is 14.2. The molecule has 0 spiro atoms. The first-order valence-corrected chi connectivity index (χ1v) is 17.2. The molecule has 2 aliphatic heterocycles. The highest BCUT2D eigenvalue weighted by Crippen LogP contribution is 2.45. The fourth-order valence-electron chi connectivity index (χ4n) is 5.75. The molecule has 3 aromatic carbocycles. The Morgan fingerprint density at radius 2 is 1.63 bits per heavy atom. The SMILES string of the molecule is COc1ccc(NC(=O)N2CCN(S(=O)(=O)c3cnc4n3[C@](C)(Cc3ccc(Br)cc3)C(=O)N4c3cc(Cl)cc(Cl)c3)CC2)cc1. The maximum atomic E-state index is 14.3. The molecular weight excluding hydrogens is 719 g/mol. The normalized spacial score (nSPS) is 18.5. The number of methoxy groups -OCH3 is 1. The van der Waals surface area contributed by atoms with Crippen molar-refractivity contribution in [3.8, 4) is 5.75 Å². The molecule has 15 heteroatoms. The number of urea groups is 1. The van der Waals surface area contributed by atoms with Crippen LogP contribution in [0.5, 0.6) is 5.75 Å². The Balaban J connectivity index is 1.30. The van der Waals surface area contributed by atoms with Gasteiger partial charge in [0.15, 0.2) is 5.03 Å². The van der Waals surface area contributed by atoms with Crippen molar-refractivity contribution < 1.29 is 22.7 Å². The van der Waals surface area contributed by atoms with Gasteiger partial charge in [0.05, 0.1) is 19.0 Å². The third kappa shape index (κ3) is 5.97. The number of halogens is 3. The van der Waals surface area contributed by atoms with Gasteiger partial charge >= 0.3 is 6.03 Å². The highest BCUT2D eigenvalue weighted by atomic mass is 79.9. The molecule has 1 atom stereocenters. The maximum Gasteiger partial charge on any atom is 0.321 e. The Morgan fingerprint density at radius 3 is 2.24 bits per heavy atom. The third-order valence-electron chi connectivity index (χ3n) is 8.11. The molecule has 2 aliphatic rings. The first kappa shape index (κ1) is 32.3. The van der Waals surface area contributed by atoms with Crippen molar-refractivity contribution in [1.82, 2.24) is 18.8 Å². The number of amides is 3. The molecule has 1 N–H and O–H groups in total. The van der Waals surface area contributed by atoms with Crippen LogP contribution in [-0.4, -0.2) is 72.4 Å². The molecule has 0 bridgehead atoms. The van der Waals surface area contributed by atoms with Crippen LogP contribution in [0, 0.1) is 0 Å². The quantitative estimate of drug-likeness (QED) is 0.243. The lowest BCUT2D eigenvalue weighted by Gasteiger charge is -2.34. The zero-order chi connectivity index (χ0) is 32.8. The number of nitrogens with one attached hydrogen (secondary N) is 1. The van der Waals surface area contributed by atoms with Gasteiger partial charge in [0, 0.05) is 52.8 Å². The van der Waals surface area contributed by atoms with Crippen molar-refractivity contribution in [3.63, 3.8) is 0 Å². The van der Waals surface area contributed by atoms with Crippen LogP contribution < -0.4 is 15.0 Å². The summed E-state index contributed by atoms with van der Waals surface area (Å²) in [7, 11) is -2.59. The number of benzene rings is 3. The largest absolute Gasteiger partial charge is 0.497 e. The van der Waals surface area contributed by atoms with E-state index in [1.54, 1.807) is 61.4 Å². The number of piperazine rings is 1. The Hall–Kier alpha value is -3.62. The molecule has 46 heavy (non-hydrogen) atoms. The zero-order valence-corrected chi connectivity index (χ0v) is 28.7. The van der Waals surface area contributed by atoms with Crippen LogP contribution in [0.25, 0.3) is 0 Å². The number of aromatic nitrogens is 2. The summed E-state index contributed by atoms with van der Waals surface area (Å²) in [5, 5.41) is 3.34. The van der Waals surface area contributed by atoms with Crippen LogP contribution in [0.4, 0.5) is 22.1 Å². The van der Waals surface area contributed by atoms with Gasteiger partial charge in [0.25, 0.3) is 15.9 Å². The van der Waals surface area contributed by atoms with Crippen LogP contribution in [-0.2, 0) is 26.8 Å².